The Hall–Kier alpha value is -5.24. The van der Waals surface area contributed by atoms with Gasteiger partial charge in [0.25, 0.3) is 5.91 Å². The fraction of sp³-hybridized carbons (Fsp3) is 0.0345. The summed E-state index contributed by atoms with van der Waals surface area (Å²) in [6.45, 7) is 5.37. The largest absolute Gasteiger partial charge is 0.439 e. The second kappa shape index (κ2) is 9.79. The van der Waals surface area contributed by atoms with E-state index in [-0.39, 0.29) is 5.91 Å². The predicted octanol–water partition coefficient (Wildman–Crippen LogP) is 5.39. The van der Waals surface area contributed by atoms with Crippen molar-refractivity contribution in [1.82, 2.24) is 14.4 Å². The van der Waals surface area contributed by atoms with Crippen LogP contribution in [0.5, 0.6) is 11.6 Å². The quantitative estimate of drug-likeness (QED) is 0.298. The second-order valence-corrected chi connectivity index (χ2v) is 8.31. The minimum Gasteiger partial charge on any atom is -0.439 e. The van der Waals surface area contributed by atoms with Gasteiger partial charge >= 0.3 is 0 Å². The van der Waals surface area contributed by atoms with Gasteiger partial charge in [0, 0.05) is 29.2 Å². The lowest BCUT2D eigenvalue weighted by Gasteiger charge is -2.11. The maximum atomic E-state index is 12.7. The molecule has 0 unspecified atom stereocenters. The Labute approximate surface area is 213 Å². The number of aromatic nitrogens is 3. The number of benzene rings is 2. The first kappa shape index (κ1) is 23.5. The van der Waals surface area contributed by atoms with Crippen LogP contribution < -0.4 is 15.8 Å². The number of carbonyl (C=O) groups is 2. The normalized spacial score (nSPS) is 10.7. The van der Waals surface area contributed by atoms with Gasteiger partial charge in [0.15, 0.2) is 0 Å². The van der Waals surface area contributed by atoms with Crippen LogP contribution in [0.15, 0.2) is 98.0 Å². The molecule has 0 aliphatic carbocycles. The maximum Gasteiger partial charge on any atom is 0.251 e. The summed E-state index contributed by atoms with van der Waals surface area (Å²) >= 11 is 0. The summed E-state index contributed by atoms with van der Waals surface area (Å²) in [5.74, 6) is 0.251. The van der Waals surface area contributed by atoms with Crippen LogP contribution in [0, 0.1) is 6.92 Å². The Kier molecular flexibility index (Phi) is 6.22. The zero-order valence-corrected chi connectivity index (χ0v) is 20.0. The van der Waals surface area contributed by atoms with Gasteiger partial charge in [-0.3, -0.25) is 14.0 Å². The van der Waals surface area contributed by atoms with Gasteiger partial charge in [-0.15, -0.1) is 0 Å². The number of hydrogen-bond donors (Lipinski definition) is 2. The van der Waals surface area contributed by atoms with Crippen LogP contribution in [0.2, 0.25) is 0 Å². The molecule has 0 spiro atoms. The summed E-state index contributed by atoms with van der Waals surface area (Å²) in [6.07, 6.45) is 4.48. The summed E-state index contributed by atoms with van der Waals surface area (Å²) in [5.41, 5.74) is 11.4. The van der Waals surface area contributed by atoms with Crippen molar-refractivity contribution in [2.75, 3.05) is 5.32 Å². The molecular weight excluding hydrogens is 466 g/mol. The molecule has 0 aliphatic rings. The molecular formula is C29H23N5O3. The number of ether oxygens (including phenoxy) is 1. The molecule has 3 heterocycles. The highest BCUT2D eigenvalue weighted by atomic mass is 16.5. The Balaban J connectivity index is 1.62. The van der Waals surface area contributed by atoms with Crippen molar-refractivity contribution in [3.8, 4) is 34.0 Å². The third-order valence-corrected chi connectivity index (χ3v) is 5.83. The van der Waals surface area contributed by atoms with Gasteiger partial charge in [-0.25, -0.2) is 9.97 Å². The first-order valence-corrected chi connectivity index (χ1v) is 11.5. The highest BCUT2D eigenvalue weighted by Crippen LogP contribution is 2.40. The highest BCUT2D eigenvalue weighted by molar-refractivity contribution is 6.11. The van der Waals surface area contributed by atoms with E-state index in [0.717, 1.165) is 22.5 Å². The van der Waals surface area contributed by atoms with Crippen LogP contribution in [-0.4, -0.2) is 26.2 Å². The minimum atomic E-state index is -0.552. The van der Waals surface area contributed by atoms with Crippen LogP contribution in [-0.2, 0) is 4.79 Å². The molecule has 2 amide bonds. The fourth-order valence-corrected chi connectivity index (χ4v) is 4.21. The van der Waals surface area contributed by atoms with Crippen molar-refractivity contribution in [2.24, 2.45) is 5.73 Å². The number of nitrogens with one attached hydrogen (secondary N) is 1. The average molecular weight is 490 g/mol. The van der Waals surface area contributed by atoms with E-state index in [1.54, 1.807) is 36.8 Å². The molecule has 0 bridgehead atoms. The average Bonchev–Trinajstić information content (AvgIpc) is 3.25. The SMILES string of the molecule is C=CC(=O)Nc1ccc(-c2c(-c3ccc(Oc4cccc(C)n4)cc3)c(C(N)=O)c3ccncn23)cc1. The molecule has 5 rings (SSSR count). The molecule has 2 aromatic carbocycles. The number of hydrogen-bond acceptors (Lipinski definition) is 5. The highest BCUT2D eigenvalue weighted by Gasteiger charge is 2.24. The molecule has 8 heteroatoms. The summed E-state index contributed by atoms with van der Waals surface area (Å²) in [4.78, 5) is 33.0. The Morgan fingerprint density at radius 3 is 2.41 bits per heavy atom. The van der Waals surface area contributed by atoms with Gasteiger partial charge in [-0.05, 0) is 60.5 Å². The van der Waals surface area contributed by atoms with E-state index in [0.29, 0.717) is 34.0 Å². The molecule has 0 fully saturated rings. The van der Waals surface area contributed by atoms with Crippen molar-refractivity contribution in [1.29, 1.82) is 0 Å². The molecule has 5 aromatic rings. The van der Waals surface area contributed by atoms with Crippen LogP contribution in [0.1, 0.15) is 16.1 Å². The molecule has 8 nitrogen and oxygen atoms in total. The first-order valence-electron chi connectivity index (χ1n) is 11.5. The number of nitrogens with zero attached hydrogens (tertiary/aromatic N) is 3. The lowest BCUT2D eigenvalue weighted by atomic mass is 9.96. The smallest absolute Gasteiger partial charge is 0.251 e. The van der Waals surface area contributed by atoms with E-state index < -0.39 is 5.91 Å². The number of rotatable bonds is 7. The van der Waals surface area contributed by atoms with Gasteiger partial charge in [-0.1, -0.05) is 36.9 Å². The lowest BCUT2D eigenvalue weighted by Crippen LogP contribution is -2.11. The number of amides is 2. The van der Waals surface area contributed by atoms with Crippen LogP contribution in [0.4, 0.5) is 5.69 Å². The fourth-order valence-electron chi connectivity index (χ4n) is 4.21. The van der Waals surface area contributed by atoms with Crippen molar-refractivity contribution < 1.29 is 14.3 Å². The third-order valence-electron chi connectivity index (χ3n) is 5.83. The van der Waals surface area contributed by atoms with Gasteiger partial charge in [-0.2, -0.15) is 0 Å². The third kappa shape index (κ3) is 4.68. The van der Waals surface area contributed by atoms with Crippen molar-refractivity contribution in [3.05, 3.63) is 109 Å². The van der Waals surface area contributed by atoms with Gasteiger partial charge in [0.05, 0.1) is 23.1 Å². The summed E-state index contributed by atoms with van der Waals surface area (Å²) in [6, 6.07) is 22.0. The standard InChI is InChI=1S/C29H23N5O3/c1-3-24(35)33-21-11-7-20(8-12-21)28-26(27(29(30)36)23-15-16-31-17-34(23)28)19-9-13-22(14-10-19)37-25-6-4-5-18(2)32-25/h3-17H,1H2,2H3,(H2,30,36)(H,33,35). The lowest BCUT2D eigenvalue weighted by molar-refractivity contribution is -0.111. The summed E-state index contributed by atoms with van der Waals surface area (Å²) < 4.78 is 7.74. The van der Waals surface area contributed by atoms with E-state index >= 15 is 0 Å². The van der Waals surface area contributed by atoms with E-state index in [2.05, 4.69) is 21.9 Å². The number of pyridine rings is 1. The number of anilines is 1. The van der Waals surface area contributed by atoms with E-state index in [1.807, 2.05) is 59.9 Å². The van der Waals surface area contributed by atoms with E-state index in [1.165, 1.54) is 6.08 Å². The topological polar surface area (TPSA) is 112 Å². The molecule has 0 saturated carbocycles. The Bertz CT molecular complexity index is 1640. The summed E-state index contributed by atoms with van der Waals surface area (Å²) in [5, 5.41) is 2.74. The molecule has 0 aliphatic heterocycles. The Morgan fingerprint density at radius 1 is 1.00 bits per heavy atom. The van der Waals surface area contributed by atoms with Crippen LogP contribution in [0.3, 0.4) is 0 Å². The van der Waals surface area contributed by atoms with Crippen molar-refractivity contribution in [3.63, 3.8) is 0 Å². The number of aryl methyl sites for hydroxylation is 1. The maximum absolute atomic E-state index is 12.7. The molecule has 0 radical (unpaired) electrons. The second-order valence-electron chi connectivity index (χ2n) is 8.31. The van der Waals surface area contributed by atoms with Crippen molar-refractivity contribution in [2.45, 2.75) is 6.92 Å². The van der Waals surface area contributed by atoms with Crippen molar-refractivity contribution >= 4 is 23.0 Å². The first-order chi connectivity index (χ1) is 17.9. The molecule has 37 heavy (non-hydrogen) atoms. The molecule has 3 N–H and O–H groups in total. The number of primary amides is 1. The zero-order valence-electron chi connectivity index (χ0n) is 20.0. The number of carbonyl (C=O) groups excluding carboxylic acids is 2. The predicted molar refractivity (Wildman–Crippen MR) is 142 cm³/mol. The molecule has 182 valence electrons. The molecule has 0 saturated heterocycles. The number of nitrogens with two attached hydrogens (primary N) is 1. The van der Waals surface area contributed by atoms with E-state index in [9.17, 15) is 9.59 Å². The minimum absolute atomic E-state index is 0.301. The molecule has 0 atom stereocenters. The Morgan fingerprint density at radius 2 is 1.73 bits per heavy atom. The summed E-state index contributed by atoms with van der Waals surface area (Å²) in [7, 11) is 0. The van der Waals surface area contributed by atoms with Gasteiger partial charge < -0.3 is 15.8 Å². The number of fused-ring (bicyclic) bond motifs is 1. The molecule has 3 aromatic heterocycles. The van der Waals surface area contributed by atoms with Gasteiger partial charge in [0.1, 0.15) is 5.75 Å². The van der Waals surface area contributed by atoms with Crippen LogP contribution >= 0.6 is 0 Å². The van der Waals surface area contributed by atoms with Crippen LogP contribution in [0.25, 0.3) is 27.9 Å². The van der Waals surface area contributed by atoms with Gasteiger partial charge in [0.2, 0.25) is 11.8 Å². The van der Waals surface area contributed by atoms with E-state index in [4.69, 9.17) is 10.5 Å². The monoisotopic (exact) mass is 489 g/mol. The zero-order chi connectivity index (χ0) is 25.9.